The van der Waals surface area contributed by atoms with Crippen molar-refractivity contribution in [3.8, 4) is 0 Å². The molecule has 1 aromatic heterocycles. The van der Waals surface area contributed by atoms with Crippen molar-refractivity contribution in [1.29, 1.82) is 0 Å². The first-order valence-electron chi connectivity index (χ1n) is 10.0. The average Bonchev–Trinajstić information content (AvgIpc) is 3.06. The van der Waals surface area contributed by atoms with Gasteiger partial charge in [0.2, 0.25) is 5.95 Å². The third-order valence-corrected chi connectivity index (χ3v) is 6.67. The SMILES string of the molecule is Cc1ccc2nc(N3Cc4ccccc4SC(O)C3)nc(N3CCC(N)C3)c2c1. The van der Waals surface area contributed by atoms with Crippen LogP contribution in [0.5, 0.6) is 0 Å². The van der Waals surface area contributed by atoms with Gasteiger partial charge < -0.3 is 20.6 Å². The van der Waals surface area contributed by atoms with Gasteiger partial charge in [-0.05, 0) is 37.1 Å². The molecule has 1 saturated heterocycles. The third kappa shape index (κ3) is 3.66. The fourth-order valence-electron chi connectivity index (χ4n) is 4.12. The number of anilines is 2. The van der Waals surface area contributed by atoms with Crippen molar-refractivity contribution in [1.82, 2.24) is 9.97 Å². The number of hydrogen-bond donors (Lipinski definition) is 2. The molecule has 7 heteroatoms. The molecule has 3 N–H and O–H groups in total. The molecule has 2 aromatic carbocycles. The number of β-amino-alcohol motifs (C(OH)–C–C–N with tert-alkyl or cyclic N) is 1. The maximum Gasteiger partial charge on any atom is 0.228 e. The number of aliphatic hydroxyl groups excluding tert-OH is 1. The molecule has 5 rings (SSSR count). The van der Waals surface area contributed by atoms with E-state index in [1.54, 1.807) is 0 Å². The van der Waals surface area contributed by atoms with Crippen LogP contribution < -0.4 is 15.5 Å². The van der Waals surface area contributed by atoms with Crippen LogP contribution in [0.25, 0.3) is 10.9 Å². The molecule has 0 amide bonds. The zero-order chi connectivity index (χ0) is 20.0. The summed E-state index contributed by atoms with van der Waals surface area (Å²) < 4.78 is 0. The highest BCUT2D eigenvalue weighted by atomic mass is 32.2. The van der Waals surface area contributed by atoms with Crippen LogP contribution in [-0.2, 0) is 6.54 Å². The fraction of sp³-hybridized carbons (Fsp3) is 0.364. The average molecular weight is 408 g/mol. The van der Waals surface area contributed by atoms with Gasteiger partial charge in [0.05, 0.1) is 12.1 Å². The zero-order valence-electron chi connectivity index (χ0n) is 16.5. The summed E-state index contributed by atoms with van der Waals surface area (Å²) >= 11 is 1.50. The third-order valence-electron chi connectivity index (χ3n) is 5.60. The molecule has 2 atom stereocenters. The number of aryl methyl sites for hydroxylation is 1. The molecule has 2 aliphatic heterocycles. The standard InChI is InChI=1S/C22H25N5OS/c1-14-6-7-18-17(10-14)21(26-9-8-16(23)12-26)25-22(24-18)27-11-15-4-2-3-5-19(15)29-20(28)13-27/h2-7,10,16,20,28H,8-9,11-13,23H2,1H3. The smallest absolute Gasteiger partial charge is 0.228 e. The lowest BCUT2D eigenvalue weighted by atomic mass is 10.1. The number of aromatic nitrogens is 2. The minimum Gasteiger partial charge on any atom is -0.380 e. The predicted octanol–water partition coefficient (Wildman–Crippen LogP) is 2.91. The summed E-state index contributed by atoms with van der Waals surface area (Å²) in [6, 6.07) is 14.7. The summed E-state index contributed by atoms with van der Waals surface area (Å²) in [4.78, 5) is 15.3. The van der Waals surface area contributed by atoms with Crippen molar-refractivity contribution in [2.75, 3.05) is 29.4 Å². The van der Waals surface area contributed by atoms with Crippen molar-refractivity contribution < 1.29 is 5.11 Å². The van der Waals surface area contributed by atoms with E-state index in [-0.39, 0.29) is 6.04 Å². The number of benzene rings is 2. The number of aliphatic hydroxyl groups is 1. The molecule has 2 unspecified atom stereocenters. The Balaban J connectivity index is 1.60. The van der Waals surface area contributed by atoms with Crippen LogP contribution in [-0.4, -0.2) is 46.2 Å². The van der Waals surface area contributed by atoms with E-state index in [0.29, 0.717) is 19.0 Å². The molecule has 0 saturated carbocycles. The summed E-state index contributed by atoms with van der Waals surface area (Å²) in [5.74, 6) is 1.61. The second kappa shape index (κ2) is 7.48. The topological polar surface area (TPSA) is 78.5 Å². The minimum atomic E-state index is -0.528. The van der Waals surface area contributed by atoms with Crippen molar-refractivity contribution in [3.63, 3.8) is 0 Å². The molecule has 3 aromatic rings. The van der Waals surface area contributed by atoms with Crippen LogP contribution in [0.4, 0.5) is 11.8 Å². The van der Waals surface area contributed by atoms with Gasteiger partial charge in [-0.25, -0.2) is 4.98 Å². The lowest BCUT2D eigenvalue weighted by Crippen LogP contribution is -2.32. The van der Waals surface area contributed by atoms with Crippen molar-refractivity contribution in [2.45, 2.75) is 36.3 Å². The van der Waals surface area contributed by atoms with E-state index in [1.807, 2.05) is 12.1 Å². The Morgan fingerprint density at radius 3 is 2.79 bits per heavy atom. The Hall–Kier alpha value is -2.35. The van der Waals surface area contributed by atoms with Crippen molar-refractivity contribution in [2.24, 2.45) is 5.73 Å². The van der Waals surface area contributed by atoms with E-state index in [2.05, 4.69) is 47.1 Å². The molecule has 3 heterocycles. The Bertz CT molecular complexity index is 1060. The molecule has 0 radical (unpaired) electrons. The maximum atomic E-state index is 10.6. The monoisotopic (exact) mass is 407 g/mol. The molecule has 0 bridgehead atoms. The lowest BCUT2D eigenvalue weighted by Gasteiger charge is -2.25. The highest BCUT2D eigenvalue weighted by molar-refractivity contribution is 7.99. The quantitative estimate of drug-likeness (QED) is 0.676. The number of rotatable bonds is 2. The number of fused-ring (bicyclic) bond motifs is 2. The summed E-state index contributed by atoms with van der Waals surface area (Å²) in [5.41, 5.74) is 8.95. The number of nitrogens with two attached hydrogens (primary N) is 1. The Kier molecular flexibility index (Phi) is 4.81. The van der Waals surface area contributed by atoms with Crippen molar-refractivity contribution >= 4 is 34.4 Å². The normalized spacial score (nSPS) is 22.0. The van der Waals surface area contributed by atoms with E-state index in [0.717, 1.165) is 41.1 Å². The summed E-state index contributed by atoms with van der Waals surface area (Å²) in [5, 5.41) is 11.6. The fourth-order valence-corrected chi connectivity index (χ4v) is 5.11. The van der Waals surface area contributed by atoms with Crippen molar-refractivity contribution in [3.05, 3.63) is 53.6 Å². The van der Waals surface area contributed by atoms with E-state index in [4.69, 9.17) is 15.7 Å². The van der Waals surface area contributed by atoms with Crippen LogP contribution in [0.2, 0.25) is 0 Å². The Labute approximate surface area is 174 Å². The number of nitrogens with zero attached hydrogens (tertiary/aromatic N) is 4. The minimum absolute atomic E-state index is 0.177. The van der Waals surface area contributed by atoms with Gasteiger partial charge in [0.25, 0.3) is 0 Å². The number of hydrogen-bond acceptors (Lipinski definition) is 7. The number of thioether (sulfide) groups is 1. The first kappa shape index (κ1) is 18.7. The molecule has 6 nitrogen and oxygen atoms in total. The first-order chi connectivity index (χ1) is 14.1. The molecular formula is C22H25N5OS. The summed E-state index contributed by atoms with van der Waals surface area (Å²) in [7, 11) is 0. The largest absolute Gasteiger partial charge is 0.380 e. The van der Waals surface area contributed by atoms with E-state index < -0.39 is 5.44 Å². The van der Waals surface area contributed by atoms with Crippen LogP contribution in [0, 0.1) is 6.92 Å². The van der Waals surface area contributed by atoms with Gasteiger partial charge in [-0.15, -0.1) is 0 Å². The van der Waals surface area contributed by atoms with Gasteiger partial charge in [0.15, 0.2) is 0 Å². The van der Waals surface area contributed by atoms with E-state index in [1.165, 1.54) is 22.9 Å². The zero-order valence-corrected chi connectivity index (χ0v) is 17.3. The molecular weight excluding hydrogens is 382 g/mol. The van der Waals surface area contributed by atoms with Gasteiger partial charge in [0, 0.05) is 36.0 Å². The second-order valence-electron chi connectivity index (χ2n) is 7.92. The van der Waals surface area contributed by atoms with E-state index >= 15 is 0 Å². The van der Waals surface area contributed by atoms with Gasteiger partial charge in [-0.1, -0.05) is 41.6 Å². The van der Waals surface area contributed by atoms with Gasteiger partial charge >= 0.3 is 0 Å². The molecule has 150 valence electrons. The predicted molar refractivity (Wildman–Crippen MR) is 118 cm³/mol. The van der Waals surface area contributed by atoms with Crippen LogP contribution >= 0.6 is 11.8 Å². The maximum absolute atomic E-state index is 10.6. The Morgan fingerprint density at radius 1 is 1.10 bits per heavy atom. The molecule has 0 spiro atoms. The lowest BCUT2D eigenvalue weighted by molar-refractivity contribution is 0.267. The van der Waals surface area contributed by atoms with Crippen LogP contribution in [0.1, 0.15) is 17.5 Å². The van der Waals surface area contributed by atoms with Gasteiger partial charge in [0.1, 0.15) is 11.3 Å². The van der Waals surface area contributed by atoms with Crippen LogP contribution in [0.3, 0.4) is 0 Å². The summed E-state index contributed by atoms with van der Waals surface area (Å²) in [6.07, 6.45) is 0.971. The highest BCUT2D eigenvalue weighted by Gasteiger charge is 2.26. The molecule has 2 aliphatic rings. The highest BCUT2D eigenvalue weighted by Crippen LogP contribution is 2.34. The summed E-state index contributed by atoms with van der Waals surface area (Å²) in [6.45, 7) is 4.96. The molecule has 1 fully saturated rings. The van der Waals surface area contributed by atoms with Gasteiger partial charge in [-0.2, -0.15) is 4.98 Å². The molecule has 29 heavy (non-hydrogen) atoms. The van der Waals surface area contributed by atoms with E-state index in [9.17, 15) is 5.11 Å². The van der Waals surface area contributed by atoms with Crippen LogP contribution in [0.15, 0.2) is 47.4 Å². The molecule has 0 aliphatic carbocycles. The Morgan fingerprint density at radius 2 is 1.97 bits per heavy atom. The first-order valence-corrected chi connectivity index (χ1v) is 10.9. The van der Waals surface area contributed by atoms with Gasteiger partial charge in [-0.3, -0.25) is 0 Å². The second-order valence-corrected chi connectivity index (χ2v) is 9.14.